The molecule has 17 heavy (non-hydrogen) atoms. The summed E-state index contributed by atoms with van der Waals surface area (Å²) in [6, 6.07) is 1.96. The van der Waals surface area contributed by atoms with E-state index in [0.29, 0.717) is 5.56 Å². The van der Waals surface area contributed by atoms with Crippen LogP contribution in [0, 0.1) is 5.82 Å². The average Bonchev–Trinajstić information content (AvgIpc) is 2.20. The van der Waals surface area contributed by atoms with Gasteiger partial charge in [-0.3, -0.25) is 4.79 Å². The zero-order chi connectivity index (χ0) is 13.0. The van der Waals surface area contributed by atoms with E-state index in [1.165, 1.54) is 0 Å². The molecule has 3 nitrogen and oxygen atoms in total. The van der Waals surface area contributed by atoms with Gasteiger partial charge in [0, 0.05) is 5.33 Å². The number of carboxylic acid groups (broad SMARTS) is 1. The number of carbonyl (C=O) groups is 1. The van der Waals surface area contributed by atoms with E-state index in [1.807, 2.05) is 0 Å². The Hall–Kier alpha value is -1.24. The van der Waals surface area contributed by atoms with Gasteiger partial charge in [-0.15, -0.1) is 0 Å². The molecule has 94 valence electrons. The van der Waals surface area contributed by atoms with Crippen LogP contribution in [0.3, 0.4) is 0 Å². The van der Waals surface area contributed by atoms with Crippen molar-refractivity contribution >= 4 is 21.9 Å². The van der Waals surface area contributed by atoms with Gasteiger partial charge < -0.3 is 9.84 Å². The molecule has 1 N–H and O–H groups in total. The second kappa shape index (κ2) is 5.90. The number of carboxylic acids is 1. The molecule has 0 aliphatic heterocycles. The molecule has 0 aromatic heterocycles. The van der Waals surface area contributed by atoms with Crippen molar-refractivity contribution in [3.8, 4) is 5.75 Å². The third-order valence-corrected chi connectivity index (χ3v) is 2.56. The SMILES string of the molecule is O=C(O)Cc1cc(F)c(OC(F)F)cc1CBr. The fraction of sp³-hybridized carbons (Fsp3) is 0.300. The van der Waals surface area contributed by atoms with Crippen LogP contribution in [0.5, 0.6) is 5.75 Å². The maximum atomic E-state index is 13.3. The van der Waals surface area contributed by atoms with Crippen LogP contribution in [0.2, 0.25) is 0 Å². The van der Waals surface area contributed by atoms with E-state index in [0.717, 1.165) is 12.1 Å². The van der Waals surface area contributed by atoms with Crippen LogP contribution in [0.15, 0.2) is 12.1 Å². The summed E-state index contributed by atoms with van der Waals surface area (Å²) >= 11 is 3.06. The van der Waals surface area contributed by atoms with Gasteiger partial charge in [-0.05, 0) is 23.3 Å². The molecule has 1 rings (SSSR count). The molecule has 0 fully saturated rings. The molecular weight excluding hydrogens is 305 g/mol. The molecule has 0 saturated heterocycles. The Balaban J connectivity index is 3.10. The number of aliphatic carboxylic acids is 1. The highest BCUT2D eigenvalue weighted by atomic mass is 79.9. The molecule has 0 unspecified atom stereocenters. The molecule has 0 atom stereocenters. The van der Waals surface area contributed by atoms with Crippen LogP contribution in [0.1, 0.15) is 11.1 Å². The average molecular weight is 313 g/mol. The van der Waals surface area contributed by atoms with Crippen LogP contribution in [0.4, 0.5) is 13.2 Å². The first-order valence-corrected chi connectivity index (χ1v) is 5.60. The first kappa shape index (κ1) is 13.8. The molecule has 1 aromatic carbocycles. The Labute approximate surface area is 103 Å². The number of ether oxygens (including phenoxy) is 1. The highest BCUT2D eigenvalue weighted by molar-refractivity contribution is 9.08. The molecule has 0 spiro atoms. The third-order valence-electron chi connectivity index (χ3n) is 1.96. The second-order valence-corrected chi connectivity index (χ2v) is 3.69. The number of benzene rings is 1. The number of hydrogen-bond donors (Lipinski definition) is 1. The van der Waals surface area contributed by atoms with E-state index in [4.69, 9.17) is 5.11 Å². The van der Waals surface area contributed by atoms with Gasteiger partial charge >= 0.3 is 12.6 Å². The van der Waals surface area contributed by atoms with E-state index >= 15 is 0 Å². The predicted molar refractivity (Wildman–Crippen MR) is 57.0 cm³/mol. The zero-order valence-electron chi connectivity index (χ0n) is 8.42. The molecule has 0 aliphatic rings. The second-order valence-electron chi connectivity index (χ2n) is 3.13. The van der Waals surface area contributed by atoms with Crippen molar-refractivity contribution in [3.05, 3.63) is 29.1 Å². The van der Waals surface area contributed by atoms with Crippen molar-refractivity contribution in [2.24, 2.45) is 0 Å². The lowest BCUT2D eigenvalue weighted by atomic mass is 10.1. The Morgan fingerprint density at radius 3 is 2.53 bits per heavy atom. The van der Waals surface area contributed by atoms with E-state index in [2.05, 4.69) is 20.7 Å². The summed E-state index contributed by atoms with van der Waals surface area (Å²) < 4.78 is 41.2. The van der Waals surface area contributed by atoms with E-state index in [9.17, 15) is 18.0 Å². The van der Waals surface area contributed by atoms with Crippen molar-refractivity contribution in [2.45, 2.75) is 18.4 Å². The maximum absolute atomic E-state index is 13.3. The van der Waals surface area contributed by atoms with E-state index < -0.39 is 24.1 Å². The lowest BCUT2D eigenvalue weighted by molar-refractivity contribution is -0.136. The minimum Gasteiger partial charge on any atom is -0.481 e. The van der Waals surface area contributed by atoms with E-state index in [-0.39, 0.29) is 17.3 Å². The van der Waals surface area contributed by atoms with Crippen LogP contribution < -0.4 is 4.74 Å². The van der Waals surface area contributed by atoms with Crippen molar-refractivity contribution in [1.29, 1.82) is 0 Å². The minimum absolute atomic E-state index is 0.216. The van der Waals surface area contributed by atoms with Crippen molar-refractivity contribution < 1.29 is 27.8 Å². The zero-order valence-corrected chi connectivity index (χ0v) is 10.0. The van der Waals surface area contributed by atoms with Gasteiger partial charge in [-0.2, -0.15) is 8.78 Å². The van der Waals surface area contributed by atoms with Gasteiger partial charge in [0.2, 0.25) is 0 Å². The lowest BCUT2D eigenvalue weighted by Gasteiger charge is -2.10. The smallest absolute Gasteiger partial charge is 0.387 e. The summed E-state index contributed by atoms with van der Waals surface area (Å²) in [6.45, 7) is -3.13. The molecule has 0 aliphatic carbocycles. The first-order chi connectivity index (χ1) is 7.93. The minimum atomic E-state index is -3.13. The first-order valence-electron chi connectivity index (χ1n) is 4.48. The standard InChI is InChI=1S/C10H8BrF3O3/c11-4-6-2-8(17-10(13)14)7(12)1-5(6)3-9(15)16/h1-2,10H,3-4H2,(H,15,16). The summed E-state index contributed by atoms with van der Waals surface area (Å²) in [5.74, 6) is -2.73. The molecule has 0 saturated carbocycles. The summed E-state index contributed by atoms with van der Waals surface area (Å²) in [5, 5.41) is 8.82. The fourth-order valence-corrected chi connectivity index (χ4v) is 1.80. The van der Waals surface area contributed by atoms with Crippen LogP contribution in [0.25, 0.3) is 0 Å². The Morgan fingerprint density at radius 2 is 2.06 bits per heavy atom. The quantitative estimate of drug-likeness (QED) is 0.850. The van der Waals surface area contributed by atoms with Crippen molar-refractivity contribution in [1.82, 2.24) is 0 Å². The highest BCUT2D eigenvalue weighted by Gasteiger charge is 2.15. The van der Waals surface area contributed by atoms with Crippen LogP contribution in [-0.4, -0.2) is 17.7 Å². The van der Waals surface area contributed by atoms with Crippen molar-refractivity contribution in [2.75, 3.05) is 0 Å². The largest absolute Gasteiger partial charge is 0.481 e. The molecular formula is C10H8BrF3O3. The molecule has 0 bridgehead atoms. The summed E-state index contributed by atoms with van der Waals surface area (Å²) in [7, 11) is 0. The van der Waals surface area contributed by atoms with Crippen LogP contribution >= 0.6 is 15.9 Å². The summed E-state index contributed by atoms with van der Waals surface area (Å²) in [6.07, 6.45) is -0.382. The molecule has 7 heteroatoms. The summed E-state index contributed by atoms with van der Waals surface area (Å²) in [4.78, 5) is 10.5. The van der Waals surface area contributed by atoms with Gasteiger partial charge in [0.25, 0.3) is 0 Å². The van der Waals surface area contributed by atoms with Gasteiger partial charge in [-0.1, -0.05) is 15.9 Å². The van der Waals surface area contributed by atoms with Gasteiger partial charge in [-0.25, -0.2) is 4.39 Å². The third kappa shape index (κ3) is 3.92. The Bertz CT molecular complexity index is 424. The molecule has 0 radical (unpaired) electrons. The Kier molecular flexibility index (Phi) is 4.80. The normalized spacial score (nSPS) is 10.6. The fourth-order valence-electron chi connectivity index (χ4n) is 1.27. The monoisotopic (exact) mass is 312 g/mol. The van der Waals surface area contributed by atoms with Gasteiger partial charge in [0.05, 0.1) is 6.42 Å². The lowest BCUT2D eigenvalue weighted by Crippen LogP contribution is -2.07. The van der Waals surface area contributed by atoms with E-state index in [1.54, 1.807) is 0 Å². The van der Waals surface area contributed by atoms with Gasteiger partial charge in [0.1, 0.15) is 0 Å². The molecule has 0 amide bonds. The van der Waals surface area contributed by atoms with Crippen molar-refractivity contribution in [3.63, 3.8) is 0 Å². The maximum Gasteiger partial charge on any atom is 0.387 e. The molecule has 0 heterocycles. The summed E-state index contributed by atoms with van der Waals surface area (Å²) in [5.41, 5.74) is 0.609. The predicted octanol–water partition coefficient (Wildman–Crippen LogP) is 2.95. The Morgan fingerprint density at radius 1 is 1.41 bits per heavy atom. The number of rotatable bonds is 5. The van der Waals surface area contributed by atoms with Crippen LogP contribution in [-0.2, 0) is 16.5 Å². The topological polar surface area (TPSA) is 46.5 Å². The highest BCUT2D eigenvalue weighted by Crippen LogP contribution is 2.26. The number of alkyl halides is 3. The molecule has 1 aromatic rings. The number of halogens is 4. The van der Waals surface area contributed by atoms with Gasteiger partial charge in [0.15, 0.2) is 11.6 Å². The number of hydrogen-bond acceptors (Lipinski definition) is 2.